The first-order valence-corrected chi connectivity index (χ1v) is 6.93. The summed E-state index contributed by atoms with van der Waals surface area (Å²) in [4.78, 5) is 4.27. The molecule has 0 unspecified atom stereocenters. The predicted octanol–water partition coefficient (Wildman–Crippen LogP) is 4.15. The largest absolute Gasteiger partial charge is 0.494 e. The summed E-state index contributed by atoms with van der Waals surface area (Å²) < 4.78 is 11.3. The van der Waals surface area contributed by atoms with Gasteiger partial charge in [-0.2, -0.15) is 5.26 Å². The Morgan fingerprint density at radius 3 is 2.43 bits per heavy atom. The maximum atomic E-state index is 9.22. The minimum atomic E-state index is 0.465. The average molecular weight is 282 g/mol. The van der Waals surface area contributed by atoms with Gasteiger partial charge in [-0.1, -0.05) is 6.92 Å². The van der Waals surface area contributed by atoms with Crippen LogP contribution in [-0.2, 0) is 0 Å². The molecule has 0 bridgehead atoms. The number of ether oxygens (including phenoxy) is 2. The van der Waals surface area contributed by atoms with Gasteiger partial charge in [-0.15, -0.1) is 0 Å². The van der Waals surface area contributed by atoms with E-state index in [0.29, 0.717) is 29.4 Å². The quantitative estimate of drug-likeness (QED) is 0.826. The topological polar surface area (TPSA) is 55.1 Å². The Morgan fingerprint density at radius 2 is 1.81 bits per heavy atom. The Labute approximate surface area is 125 Å². The molecule has 0 saturated carbocycles. The van der Waals surface area contributed by atoms with Crippen LogP contribution in [0.5, 0.6) is 17.2 Å². The molecular weight excluding hydrogens is 264 g/mol. The zero-order valence-electron chi connectivity index (χ0n) is 12.5. The first-order chi connectivity index (χ1) is 10.1. The molecule has 1 aromatic carbocycles. The van der Waals surface area contributed by atoms with Crippen molar-refractivity contribution in [1.29, 1.82) is 5.26 Å². The molecule has 4 heteroatoms. The van der Waals surface area contributed by atoms with Gasteiger partial charge < -0.3 is 9.47 Å². The van der Waals surface area contributed by atoms with Gasteiger partial charge in [-0.3, -0.25) is 4.98 Å². The number of rotatable bonds is 5. The third-order valence-corrected chi connectivity index (χ3v) is 2.93. The van der Waals surface area contributed by atoms with E-state index in [4.69, 9.17) is 9.47 Å². The number of nitriles is 1. The predicted molar refractivity (Wildman–Crippen MR) is 80.7 cm³/mol. The second kappa shape index (κ2) is 6.76. The maximum Gasteiger partial charge on any atom is 0.148 e. The molecule has 0 aliphatic rings. The molecule has 108 valence electrons. The summed E-state index contributed by atoms with van der Waals surface area (Å²) in [5, 5.41) is 9.22. The average Bonchev–Trinajstić information content (AvgIpc) is 2.46. The first kappa shape index (κ1) is 14.9. The highest BCUT2D eigenvalue weighted by Gasteiger charge is 2.10. The molecule has 0 atom stereocenters. The van der Waals surface area contributed by atoms with Gasteiger partial charge in [0.25, 0.3) is 0 Å². The van der Waals surface area contributed by atoms with Crippen molar-refractivity contribution in [2.24, 2.45) is 0 Å². The number of hydrogen-bond acceptors (Lipinski definition) is 4. The monoisotopic (exact) mass is 282 g/mol. The number of benzene rings is 1. The molecule has 0 spiro atoms. The second-order valence-electron chi connectivity index (χ2n) is 4.76. The molecule has 0 aliphatic carbocycles. The van der Waals surface area contributed by atoms with Gasteiger partial charge in [-0.25, -0.2) is 0 Å². The molecule has 1 heterocycles. The molecule has 0 saturated heterocycles. The summed E-state index contributed by atoms with van der Waals surface area (Å²) in [6.07, 6.45) is 0.972. The zero-order chi connectivity index (χ0) is 15.2. The van der Waals surface area contributed by atoms with Gasteiger partial charge in [0.2, 0.25) is 0 Å². The lowest BCUT2D eigenvalue weighted by Gasteiger charge is -2.11. The highest BCUT2D eigenvalue weighted by molar-refractivity contribution is 5.48. The third kappa shape index (κ3) is 3.73. The molecule has 2 rings (SSSR count). The second-order valence-corrected chi connectivity index (χ2v) is 4.76. The van der Waals surface area contributed by atoms with Crippen molar-refractivity contribution >= 4 is 0 Å². The van der Waals surface area contributed by atoms with E-state index in [2.05, 4.69) is 18.0 Å². The van der Waals surface area contributed by atoms with Gasteiger partial charge in [0.1, 0.15) is 28.9 Å². The molecule has 0 radical (unpaired) electrons. The molecule has 4 nitrogen and oxygen atoms in total. The summed E-state index contributed by atoms with van der Waals surface area (Å²) in [5.74, 6) is 2.01. The van der Waals surface area contributed by atoms with E-state index >= 15 is 0 Å². The van der Waals surface area contributed by atoms with Crippen LogP contribution in [0.25, 0.3) is 0 Å². The standard InChI is InChI=1S/C17H18N2O2/c1-4-9-20-14-5-7-15(8-6-14)21-17-10-12(2)19-13(3)16(17)11-18/h5-8,10H,4,9H2,1-3H3. The highest BCUT2D eigenvalue weighted by Crippen LogP contribution is 2.28. The van der Waals surface area contributed by atoms with Crippen LogP contribution in [0.2, 0.25) is 0 Å². The third-order valence-electron chi connectivity index (χ3n) is 2.93. The van der Waals surface area contributed by atoms with Crippen LogP contribution < -0.4 is 9.47 Å². The van der Waals surface area contributed by atoms with Gasteiger partial charge in [0.05, 0.1) is 12.3 Å². The molecule has 21 heavy (non-hydrogen) atoms. The van der Waals surface area contributed by atoms with Gasteiger partial charge in [0, 0.05) is 11.8 Å². The van der Waals surface area contributed by atoms with E-state index in [1.165, 1.54) is 0 Å². The van der Waals surface area contributed by atoms with Gasteiger partial charge in [-0.05, 0) is 44.5 Å². The normalized spacial score (nSPS) is 10.0. The van der Waals surface area contributed by atoms with Crippen LogP contribution in [-0.4, -0.2) is 11.6 Å². The summed E-state index contributed by atoms with van der Waals surface area (Å²) in [6, 6.07) is 11.3. The minimum Gasteiger partial charge on any atom is -0.494 e. The van der Waals surface area contributed by atoms with E-state index in [0.717, 1.165) is 17.9 Å². The van der Waals surface area contributed by atoms with Crippen molar-refractivity contribution in [2.45, 2.75) is 27.2 Å². The number of pyridine rings is 1. The van der Waals surface area contributed by atoms with Crippen LogP contribution in [0.3, 0.4) is 0 Å². The smallest absolute Gasteiger partial charge is 0.148 e. The first-order valence-electron chi connectivity index (χ1n) is 6.93. The van der Waals surface area contributed by atoms with Crippen LogP contribution >= 0.6 is 0 Å². The minimum absolute atomic E-state index is 0.465. The van der Waals surface area contributed by atoms with Crippen molar-refractivity contribution in [1.82, 2.24) is 4.98 Å². The van der Waals surface area contributed by atoms with Crippen LogP contribution in [0.1, 0.15) is 30.3 Å². The van der Waals surface area contributed by atoms with E-state index in [9.17, 15) is 5.26 Å². The molecule has 0 aliphatic heterocycles. The molecule has 2 aromatic rings. The Morgan fingerprint density at radius 1 is 1.14 bits per heavy atom. The van der Waals surface area contributed by atoms with Gasteiger partial charge >= 0.3 is 0 Å². The van der Waals surface area contributed by atoms with Crippen molar-refractivity contribution in [3.63, 3.8) is 0 Å². The number of hydrogen-bond donors (Lipinski definition) is 0. The van der Waals surface area contributed by atoms with Crippen LogP contribution in [0.15, 0.2) is 30.3 Å². The van der Waals surface area contributed by atoms with E-state index in [1.807, 2.05) is 31.2 Å². The Hall–Kier alpha value is -2.54. The zero-order valence-corrected chi connectivity index (χ0v) is 12.5. The lowest BCUT2D eigenvalue weighted by atomic mass is 10.2. The highest BCUT2D eigenvalue weighted by atomic mass is 16.5. The lowest BCUT2D eigenvalue weighted by molar-refractivity contribution is 0.317. The lowest BCUT2D eigenvalue weighted by Crippen LogP contribution is -1.97. The number of aromatic nitrogens is 1. The fraction of sp³-hybridized carbons (Fsp3) is 0.294. The Bertz CT molecular complexity index is 658. The molecular formula is C17H18N2O2. The van der Waals surface area contributed by atoms with E-state index in [1.54, 1.807) is 13.0 Å². The molecule has 0 fully saturated rings. The fourth-order valence-corrected chi connectivity index (χ4v) is 1.96. The number of nitrogens with zero attached hydrogens (tertiary/aromatic N) is 2. The summed E-state index contributed by atoms with van der Waals surface area (Å²) in [6.45, 7) is 6.44. The maximum absolute atomic E-state index is 9.22. The summed E-state index contributed by atoms with van der Waals surface area (Å²) in [7, 11) is 0. The van der Waals surface area contributed by atoms with Crippen LogP contribution in [0.4, 0.5) is 0 Å². The summed E-state index contributed by atoms with van der Waals surface area (Å²) >= 11 is 0. The van der Waals surface area contributed by atoms with E-state index < -0.39 is 0 Å². The van der Waals surface area contributed by atoms with Crippen molar-refractivity contribution in [3.05, 3.63) is 47.3 Å². The van der Waals surface area contributed by atoms with Crippen LogP contribution in [0, 0.1) is 25.2 Å². The molecule has 1 aromatic heterocycles. The fourth-order valence-electron chi connectivity index (χ4n) is 1.96. The van der Waals surface area contributed by atoms with Crippen molar-refractivity contribution in [2.75, 3.05) is 6.61 Å². The number of aryl methyl sites for hydroxylation is 2. The van der Waals surface area contributed by atoms with E-state index in [-0.39, 0.29) is 0 Å². The Balaban J connectivity index is 2.20. The summed E-state index contributed by atoms with van der Waals surface area (Å²) in [5.41, 5.74) is 1.96. The Kier molecular flexibility index (Phi) is 4.78. The van der Waals surface area contributed by atoms with Crippen molar-refractivity contribution < 1.29 is 9.47 Å². The van der Waals surface area contributed by atoms with Crippen molar-refractivity contribution in [3.8, 4) is 23.3 Å². The molecule has 0 amide bonds. The SMILES string of the molecule is CCCOc1ccc(Oc2cc(C)nc(C)c2C#N)cc1. The van der Waals surface area contributed by atoms with Gasteiger partial charge in [0.15, 0.2) is 0 Å². The molecule has 0 N–H and O–H groups in total.